The molecule has 2 aliphatic rings. The zero-order chi connectivity index (χ0) is 16.3. The first kappa shape index (κ1) is 19.5. The fourth-order valence-electron chi connectivity index (χ4n) is 4.14. The second kappa shape index (κ2) is 8.49. The first-order valence-electron chi connectivity index (χ1n) is 9.02. The van der Waals surface area contributed by atoms with E-state index in [0.29, 0.717) is 12.0 Å². The van der Waals surface area contributed by atoms with Crippen molar-refractivity contribution in [2.45, 2.75) is 65.5 Å². The van der Waals surface area contributed by atoms with E-state index < -0.39 is 0 Å². The maximum atomic E-state index is 4.50. The lowest BCUT2D eigenvalue weighted by atomic mass is 9.78. The molecule has 0 aliphatic carbocycles. The molecule has 1 N–H and O–H groups in total. The van der Waals surface area contributed by atoms with Crippen LogP contribution in [0.4, 0.5) is 0 Å². The molecule has 0 spiro atoms. The Morgan fingerprint density at radius 1 is 1.29 bits per heavy atom. The number of aromatic nitrogens is 3. The number of hydrogen-bond acceptors (Lipinski definition) is 3. The number of hydrogen-bond donors (Lipinski definition) is 1. The Bertz CT molecular complexity index is 565. The fourth-order valence-corrected chi connectivity index (χ4v) is 4.14. The van der Waals surface area contributed by atoms with Crippen molar-refractivity contribution < 1.29 is 0 Å². The molecule has 24 heavy (non-hydrogen) atoms. The van der Waals surface area contributed by atoms with Gasteiger partial charge in [0.2, 0.25) is 0 Å². The summed E-state index contributed by atoms with van der Waals surface area (Å²) in [6, 6.07) is 0. The zero-order valence-corrected chi connectivity index (χ0v) is 17.5. The monoisotopic (exact) mass is 446 g/mol. The quantitative estimate of drug-likeness (QED) is 0.439. The number of aryl methyl sites for hydroxylation is 1. The van der Waals surface area contributed by atoms with E-state index in [1.807, 2.05) is 7.05 Å². The second-order valence-corrected chi connectivity index (χ2v) is 7.27. The van der Waals surface area contributed by atoms with E-state index in [2.05, 4.69) is 43.8 Å². The summed E-state index contributed by atoms with van der Waals surface area (Å²) in [5, 5.41) is 12.1. The molecule has 0 bridgehead atoms. The molecular weight excluding hydrogens is 415 g/mol. The van der Waals surface area contributed by atoms with Crippen molar-refractivity contribution in [2.75, 3.05) is 20.1 Å². The topological polar surface area (TPSA) is 58.3 Å². The number of piperidine rings is 1. The molecule has 1 saturated heterocycles. The molecule has 7 heteroatoms. The van der Waals surface area contributed by atoms with Crippen molar-refractivity contribution in [3.8, 4) is 0 Å². The Labute approximate surface area is 162 Å². The molecule has 0 saturated carbocycles. The maximum Gasteiger partial charge on any atom is 0.194 e. The van der Waals surface area contributed by atoms with Gasteiger partial charge in [-0.05, 0) is 31.1 Å². The van der Waals surface area contributed by atoms with Gasteiger partial charge in [-0.25, -0.2) is 0 Å². The fraction of sp³-hybridized carbons (Fsp3) is 0.824. The summed E-state index contributed by atoms with van der Waals surface area (Å²) in [5.74, 6) is 3.17. The van der Waals surface area contributed by atoms with Gasteiger partial charge in [-0.2, -0.15) is 0 Å². The number of fused-ring (bicyclic) bond motifs is 1. The Hall–Kier alpha value is -0.860. The number of halogens is 1. The summed E-state index contributed by atoms with van der Waals surface area (Å²) >= 11 is 0. The highest BCUT2D eigenvalue weighted by Gasteiger charge is 2.31. The summed E-state index contributed by atoms with van der Waals surface area (Å²) in [7, 11) is 1.88. The van der Waals surface area contributed by atoms with Gasteiger partial charge in [-0.1, -0.05) is 20.3 Å². The average molecular weight is 446 g/mol. The first-order valence-corrected chi connectivity index (χ1v) is 9.02. The van der Waals surface area contributed by atoms with Crippen molar-refractivity contribution in [3.63, 3.8) is 0 Å². The highest BCUT2D eigenvalue weighted by atomic mass is 127. The molecule has 0 aromatic carbocycles. The van der Waals surface area contributed by atoms with Crippen LogP contribution in [0.2, 0.25) is 0 Å². The third kappa shape index (κ3) is 4.21. The zero-order valence-electron chi connectivity index (χ0n) is 15.2. The molecule has 1 aromatic rings. The van der Waals surface area contributed by atoms with Crippen LogP contribution in [0.3, 0.4) is 0 Å². The summed E-state index contributed by atoms with van der Waals surface area (Å²) in [6.07, 6.45) is 7.36. The van der Waals surface area contributed by atoms with Crippen molar-refractivity contribution in [1.29, 1.82) is 0 Å². The van der Waals surface area contributed by atoms with Crippen molar-refractivity contribution >= 4 is 29.9 Å². The van der Waals surface area contributed by atoms with Crippen LogP contribution in [0.15, 0.2) is 4.99 Å². The van der Waals surface area contributed by atoms with E-state index in [-0.39, 0.29) is 24.0 Å². The Morgan fingerprint density at radius 3 is 2.88 bits per heavy atom. The van der Waals surface area contributed by atoms with Crippen molar-refractivity contribution in [1.82, 2.24) is 25.0 Å². The van der Waals surface area contributed by atoms with E-state index >= 15 is 0 Å². The lowest BCUT2D eigenvalue weighted by Gasteiger charge is -2.42. The molecule has 3 heterocycles. The molecule has 0 radical (unpaired) electrons. The molecule has 3 rings (SSSR count). The van der Waals surface area contributed by atoms with E-state index in [1.54, 1.807) is 0 Å². The Balaban J connectivity index is 0.00000208. The summed E-state index contributed by atoms with van der Waals surface area (Å²) in [6.45, 7) is 8.65. The minimum absolute atomic E-state index is 0. The van der Waals surface area contributed by atoms with Crippen molar-refractivity contribution in [3.05, 3.63) is 11.6 Å². The second-order valence-electron chi connectivity index (χ2n) is 7.27. The molecule has 2 aliphatic heterocycles. The SMILES string of the molecule is CCCC1(C)CCCN(C(=NC)NCc2nnc3n2CCC3)C1.I. The van der Waals surface area contributed by atoms with Crippen LogP contribution in [0.1, 0.15) is 57.6 Å². The molecule has 1 unspecified atom stereocenters. The van der Waals surface area contributed by atoms with E-state index in [9.17, 15) is 0 Å². The standard InChI is InChI=1S/C17H30N6.HI/c1-4-8-17(2)9-6-10-22(13-17)16(18-3)19-12-15-21-20-14-7-5-11-23(14)15;/h4-13H2,1-3H3,(H,18,19);1H. The van der Waals surface area contributed by atoms with Gasteiger partial charge in [0.25, 0.3) is 0 Å². The Morgan fingerprint density at radius 2 is 2.12 bits per heavy atom. The van der Waals surface area contributed by atoms with Crippen LogP contribution >= 0.6 is 24.0 Å². The highest BCUT2D eigenvalue weighted by Crippen LogP contribution is 2.33. The highest BCUT2D eigenvalue weighted by molar-refractivity contribution is 14.0. The molecule has 0 amide bonds. The van der Waals surface area contributed by atoms with Crippen LogP contribution in [-0.4, -0.2) is 45.8 Å². The number of rotatable bonds is 4. The lowest BCUT2D eigenvalue weighted by Crippen LogP contribution is -2.49. The van der Waals surface area contributed by atoms with Crippen LogP contribution in [0.5, 0.6) is 0 Å². The van der Waals surface area contributed by atoms with Crippen molar-refractivity contribution in [2.24, 2.45) is 10.4 Å². The molecule has 136 valence electrons. The van der Waals surface area contributed by atoms with Gasteiger partial charge < -0.3 is 14.8 Å². The molecular formula is C17H31IN6. The minimum Gasteiger partial charge on any atom is -0.349 e. The van der Waals surface area contributed by atoms with Crippen LogP contribution in [0.25, 0.3) is 0 Å². The largest absolute Gasteiger partial charge is 0.349 e. The van der Waals surface area contributed by atoms with Gasteiger partial charge in [0, 0.05) is 33.1 Å². The van der Waals surface area contributed by atoms with Crippen LogP contribution in [-0.2, 0) is 19.5 Å². The summed E-state index contributed by atoms with van der Waals surface area (Å²) in [4.78, 5) is 6.92. The number of likely N-dealkylation sites (tertiary alicyclic amines) is 1. The van der Waals surface area contributed by atoms with Crippen LogP contribution < -0.4 is 5.32 Å². The number of guanidine groups is 1. The normalized spacial score (nSPS) is 23.8. The smallest absolute Gasteiger partial charge is 0.194 e. The molecule has 1 atom stereocenters. The van der Waals surface area contributed by atoms with Gasteiger partial charge >= 0.3 is 0 Å². The number of nitrogens with zero attached hydrogens (tertiary/aromatic N) is 5. The Kier molecular flexibility index (Phi) is 6.88. The van der Waals surface area contributed by atoms with Gasteiger partial charge in [-0.15, -0.1) is 34.2 Å². The van der Waals surface area contributed by atoms with Crippen LogP contribution in [0, 0.1) is 5.41 Å². The predicted octanol–water partition coefficient (Wildman–Crippen LogP) is 2.82. The first-order chi connectivity index (χ1) is 11.1. The molecule has 1 aromatic heterocycles. The minimum atomic E-state index is 0. The van der Waals surface area contributed by atoms with Gasteiger partial charge in [0.1, 0.15) is 5.82 Å². The average Bonchev–Trinajstić information content (AvgIpc) is 3.12. The molecule has 1 fully saturated rings. The van der Waals surface area contributed by atoms with Gasteiger partial charge in [0.15, 0.2) is 11.8 Å². The van der Waals surface area contributed by atoms with Gasteiger partial charge in [-0.3, -0.25) is 4.99 Å². The number of nitrogens with one attached hydrogen (secondary N) is 1. The van der Waals surface area contributed by atoms with E-state index in [0.717, 1.165) is 43.7 Å². The number of aliphatic imine (C=N–C) groups is 1. The summed E-state index contributed by atoms with van der Waals surface area (Å²) < 4.78 is 2.25. The predicted molar refractivity (Wildman–Crippen MR) is 108 cm³/mol. The third-order valence-corrected chi connectivity index (χ3v) is 5.24. The molecule has 6 nitrogen and oxygen atoms in total. The maximum absolute atomic E-state index is 4.50. The lowest BCUT2D eigenvalue weighted by molar-refractivity contribution is 0.142. The third-order valence-electron chi connectivity index (χ3n) is 5.24. The van der Waals surface area contributed by atoms with E-state index in [4.69, 9.17) is 0 Å². The summed E-state index contributed by atoms with van der Waals surface area (Å²) in [5.41, 5.74) is 0.417. The van der Waals surface area contributed by atoms with E-state index in [1.165, 1.54) is 32.1 Å². The van der Waals surface area contributed by atoms with Gasteiger partial charge in [0.05, 0.1) is 6.54 Å².